The molecule has 0 radical (unpaired) electrons. The molecule has 0 bridgehead atoms. The van der Waals surface area contributed by atoms with Crippen molar-refractivity contribution >= 4 is 142 Å². The van der Waals surface area contributed by atoms with Crippen LogP contribution in [0.3, 0.4) is 0 Å². The first-order chi connectivity index (χ1) is 55.8. The van der Waals surface area contributed by atoms with Crippen LogP contribution in [0.4, 0.5) is 56.9 Å². The first kappa shape index (κ1) is 115. The summed E-state index contributed by atoms with van der Waals surface area (Å²) in [6.07, 6.45) is 17.9. The average molecular weight is 1820 g/mol. The summed E-state index contributed by atoms with van der Waals surface area (Å²) in [6, 6.07) is 0. The number of nitrogens with zero attached hydrogens (tertiary/aromatic N) is 8. The largest absolute Gasteiger partial charge is 0.384 e. The highest BCUT2D eigenvalue weighted by molar-refractivity contribution is 7.72. The lowest BCUT2D eigenvalue weighted by Gasteiger charge is -2.31. The minimum atomic E-state index is 0.00681. The molecule has 7 aromatic carbocycles. The lowest BCUT2D eigenvalue weighted by Crippen LogP contribution is -2.35. The molecule has 0 saturated carbocycles. The van der Waals surface area contributed by atoms with Crippen molar-refractivity contribution in [3.8, 4) is 0 Å². The van der Waals surface area contributed by atoms with Crippen molar-refractivity contribution in [3.63, 3.8) is 0 Å². The molecule has 7 rings (SSSR count). The zero-order valence-corrected chi connectivity index (χ0v) is 88.6. The molecule has 0 heterocycles. The van der Waals surface area contributed by atoms with Crippen molar-refractivity contribution in [3.05, 3.63) is 125 Å². The van der Waals surface area contributed by atoms with E-state index in [2.05, 4.69) is 210 Å². The standard InChI is InChI=1S/C17H30N2OS.C15H25NOS.C14H23NOS.2C13H22N2OS.2C13H21NOS/c1-7-19(8-2)14-13(15(20)16(14)21)18(6)12-10-9-11-17(3,4)5;1-6-16(7-2)12-11(13(17)14(12)18)9-8-10-15(3,4)5;1-6-15(5)11-10(12(16)13(11)17)8-7-9-14(2,3)4;1-13(2,3)7-8-15(6)9-10(14(4)5)12(17)11(9)16;1-6-14-9-10(11(16)12(9)17)15(5)8-7-13(2,3)4;1-13(2,3)8-6-7-9-10(14(4)5)12(16)11(9)15;1-5-14-10-9(11(15)12(10)16)7-6-8-13(2,3)4/h7-12H2,1-6H3;6-10H2,1-5H3;6-9H2,1-5H3;7-8H2,1-6H3;14H,6-8H2,1-5H3;6-8H2,1-5H3;14H,5-8H2,1-4H3. The van der Waals surface area contributed by atoms with Crippen LogP contribution in [-0.4, -0.2) is 122 Å². The summed E-state index contributed by atoms with van der Waals surface area (Å²) in [6.45, 7) is 70.1. The molecule has 0 fully saturated rings. The van der Waals surface area contributed by atoms with Gasteiger partial charge in [0, 0.05) is 144 Å². The Kier molecular flexibility index (Phi) is 47.2. The van der Waals surface area contributed by atoms with Crippen LogP contribution in [0.2, 0.25) is 0 Å². The third kappa shape index (κ3) is 36.0. The predicted octanol–water partition coefficient (Wildman–Crippen LogP) is 23.6. The van der Waals surface area contributed by atoms with E-state index in [9.17, 15) is 33.6 Å². The Hall–Kier alpha value is -5.50. The van der Waals surface area contributed by atoms with Crippen LogP contribution in [0.1, 0.15) is 300 Å². The number of hydrogen-bond donors (Lipinski definition) is 2. The van der Waals surface area contributed by atoms with Crippen LogP contribution >= 0.6 is 85.5 Å². The van der Waals surface area contributed by atoms with E-state index in [1.165, 1.54) is 12.8 Å². The first-order valence-electron chi connectivity index (χ1n) is 44.8. The van der Waals surface area contributed by atoms with Gasteiger partial charge < -0.3 is 49.8 Å². The first-order valence-corrected chi connectivity index (χ1v) is 47.7. The fraction of sp³-hybridized carbons (Fsp3) is 0.714. The molecule has 0 atom stereocenters. The van der Waals surface area contributed by atoms with Crippen LogP contribution in [0, 0.1) is 69.5 Å². The Morgan fingerprint density at radius 3 is 0.852 bits per heavy atom. The molecule has 0 saturated heterocycles. The van der Waals surface area contributed by atoms with E-state index in [-0.39, 0.29) is 48.8 Å². The van der Waals surface area contributed by atoms with Crippen LogP contribution in [0.15, 0.2) is 33.6 Å². The Morgan fingerprint density at radius 2 is 0.500 bits per heavy atom. The van der Waals surface area contributed by atoms with Crippen molar-refractivity contribution in [1.82, 2.24) is 0 Å². The lowest BCUT2D eigenvalue weighted by atomic mass is 9.88. The second-order valence-corrected chi connectivity index (χ2v) is 44.7. The van der Waals surface area contributed by atoms with E-state index in [0.29, 0.717) is 58.6 Å². The van der Waals surface area contributed by atoms with E-state index < -0.39 is 0 Å². The molecule has 24 heteroatoms. The van der Waals surface area contributed by atoms with E-state index in [1.54, 1.807) is 0 Å². The quantitative estimate of drug-likeness (QED) is 0.0278. The van der Waals surface area contributed by atoms with Gasteiger partial charge in [0.15, 0.2) is 0 Å². The number of nitrogens with one attached hydrogen (secondary N) is 2. The van der Waals surface area contributed by atoms with Crippen molar-refractivity contribution in [1.29, 1.82) is 0 Å². The van der Waals surface area contributed by atoms with Crippen LogP contribution < -0.4 is 87.8 Å². The van der Waals surface area contributed by atoms with E-state index in [4.69, 9.17) is 85.5 Å². The maximum absolute atomic E-state index is 12.1. The van der Waals surface area contributed by atoms with Crippen molar-refractivity contribution in [2.75, 3.05) is 172 Å². The number of anilines is 10. The van der Waals surface area contributed by atoms with Crippen molar-refractivity contribution in [2.45, 2.75) is 303 Å². The minimum Gasteiger partial charge on any atom is -0.384 e. The van der Waals surface area contributed by atoms with Gasteiger partial charge in [-0.2, -0.15) is 0 Å². The molecule has 17 nitrogen and oxygen atoms in total. The van der Waals surface area contributed by atoms with E-state index in [1.807, 2.05) is 89.8 Å². The Bertz CT molecular complexity index is 4930. The van der Waals surface area contributed by atoms with Crippen LogP contribution in [0.25, 0.3) is 0 Å². The maximum Gasteiger partial charge on any atom is 0.224 e. The van der Waals surface area contributed by atoms with E-state index >= 15 is 0 Å². The number of rotatable bonds is 37. The van der Waals surface area contributed by atoms with Gasteiger partial charge in [-0.1, -0.05) is 237 Å². The summed E-state index contributed by atoms with van der Waals surface area (Å²) in [5, 5.41) is 6.34. The van der Waals surface area contributed by atoms with Gasteiger partial charge in [-0.25, -0.2) is 0 Å². The second-order valence-electron chi connectivity index (χ2n) is 41.8. The zero-order valence-electron chi connectivity index (χ0n) is 82.9. The third-order valence-corrected chi connectivity index (χ3v) is 24.5. The molecular weight excluding hydrogens is 1650 g/mol. The highest BCUT2D eigenvalue weighted by Crippen LogP contribution is 2.36. The van der Waals surface area contributed by atoms with E-state index in [0.717, 1.165) is 241 Å². The Labute approximate surface area is 774 Å². The molecule has 0 aliphatic heterocycles. The van der Waals surface area contributed by atoms with Gasteiger partial charge >= 0.3 is 0 Å². The summed E-state index contributed by atoms with van der Waals surface area (Å²) < 4.78 is 3.50. The summed E-state index contributed by atoms with van der Waals surface area (Å²) in [5.74, 6) is 0. The molecule has 0 aromatic heterocycles. The zero-order chi connectivity index (χ0) is 94.8. The molecule has 7 aromatic rings. The molecule has 2 N–H and O–H groups in total. The second kappa shape index (κ2) is 50.3. The summed E-state index contributed by atoms with van der Waals surface area (Å²) in [7, 11) is 15.7. The molecular formula is C98H164N10O7S7. The monoisotopic (exact) mass is 1820 g/mol. The maximum atomic E-state index is 12.1. The normalized spacial score (nSPS) is 12.0. The molecule has 0 aliphatic rings. The molecule has 0 spiro atoms. The Balaban J connectivity index is 0.000000713. The molecule has 0 aliphatic carbocycles. The SMILES string of the molecule is CCN(C)c1c(CCCC(C)(C)C)c(=O)c1=S.CCN(CC)c1c(CCCC(C)(C)C)c(=O)c1=S.CCN(CC)c1c(N(C)CCCCC(C)(C)C)c(=O)c1=S.CCNc1c(CCCC(C)(C)C)c(=O)c1=S.CCNc1c(N(C)CCC(C)(C)C)c(=O)c1=S.CN(C)c1c(CCCC(C)(C)C)c(=O)c1=S.CN(C)c1c(N(C)CCC(C)(C)C)c(=O)c1=S. The van der Waals surface area contributed by atoms with Gasteiger partial charge in [0.1, 0.15) is 48.6 Å². The summed E-state index contributed by atoms with van der Waals surface area (Å²) >= 11 is 35.8. The average Bonchev–Trinajstić information content (AvgIpc) is 0.730. The van der Waals surface area contributed by atoms with Gasteiger partial charge in [-0.3, -0.25) is 33.6 Å². The smallest absolute Gasteiger partial charge is 0.224 e. The predicted molar refractivity (Wildman–Crippen MR) is 555 cm³/mol. The summed E-state index contributed by atoms with van der Waals surface area (Å²) in [5.41, 5.74) is 15.6. The lowest BCUT2D eigenvalue weighted by molar-refractivity contribution is 0.361. The Morgan fingerprint density at radius 1 is 0.238 bits per heavy atom. The number of hydrogen-bond acceptors (Lipinski definition) is 24. The van der Waals surface area contributed by atoms with Crippen LogP contribution in [-0.2, 0) is 25.7 Å². The van der Waals surface area contributed by atoms with Crippen LogP contribution in [0.5, 0.6) is 0 Å². The van der Waals surface area contributed by atoms with Crippen molar-refractivity contribution < 1.29 is 0 Å². The minimum absolute atomic E-state index is 0.00681. The van der Waals surface area contributed by atoms with Gasteiger partial charge in [0.25, 0.3) is 0 Å². The number of unbranched alkanes of at least 4 members (excludes halogenated alkanes) is 1. The van der Waals surface area contributed by atoms with Crippen molar-refractivity contribution in [2.24, 2.45) is 37.9 Å². The molecule has 0 amide bonds. The molecule has 122 heavy (non-hydrogen) atoms. The van der Waals surface area contributed by atoms with Gasteiger partial charge in [-0.15, -0.1) is 0 Å². The fourth-order valence-corrected chi connectivity index (χ4v) is 16.7. The fourth-order valence-electron chi connectivity index (χ4n) is 14.2. The topological polar surface area (TPSA) is 169 Å². The van der Waals surface area contributed by atoms with Gasteiger partial charge in [0.05, 0.1) is 39.8 Å². The molecule has 0 unspecified atom stereocenters. The highest BCUT2D eigenvalue weighted by atomic mass is 32.1. The van der Waals surface area contributed by atoms with Gasteiger partial charge in [0.2, 0.25) is 38.0 Å². The third-order valence-electron chi connectivity index (χ3n) is 21.8. The van der Waals surface area contributed by atoms with Gasteiger partial charge in [-0.05, 0) is 189 Å². The molecule has 690 valence electrons. The summed E-state index contributed by atoms with van der Waals surface area (Å²) in [4.78, 5) is 98.8. The highest BCUT2D eigenvalue weighted by Gasteiger charge is 2.30.